The minimum absolute atomic E-state index is 0.142. The normalized spacial score (nSPS) is 10.1. The van der Waals surface area contributed by atoms with Gasteiger partial charge in [0.2, 0.25) is 0 Å². The van der Waals surface area contributed by atoms with Crippen molar-refractivity contribution in [2.24, 2.45) is 0 Å². The lowest BCUT2D eigenvalue weighted by Crippen LogP contribution is -2.11. The molecule has 0 radical (unpaired) electrons. The zero-order valence-corrected chi connectivity index (χ0v) is 11.2. The molecule has 1 aromatic carbocycles. The van der Waals surface area contributed by atoms with Crippen LogP contribution in [-0.4, -0.2) is 15.9 Å². The fraction of sp³-hybridized carbons (Fsp3) is 0. The van der Waals surface area contributed by atoms with E-state index in [4.69, 9.17) is 0 Å². The van der Waals surface area contributed by atoms with Gasteiger partial charge in [0.25, 0.3) is 5.91 Å². The lowest BCUT2D eigenvalue weighted by Gasteiger charge is -2.07. The fourth-order valence-electron chi connectivity index (χ4n) is 2.02. The second kappa shape index (κ2) is 5.96. The molecule has 21 heavy (non-hydrogen) atoms. The molecular weight excluding hydrogens is 262 g/mol. The summed E-state index contributed by atoms with van der Waals surface area (Å²) in [5.74, 6) is -0.142. The van der Waals surface area contributed by atoms with Gasteiger partial charge in [0.05, 0.1) is 0 Å². The molecule has 4 nitrogen and oxygen atoms in total. The number of hydrogen-bond acceptors (Lipinski definition) is 3. The van der Waals surface area contributed by atoms with Gasteiger partial charge >= 0.3 is 0 Å². The van der Waals surface area contributed by atoms with Crippen molar-refractivity contribution in [3.05, 3.63) is 78.9 Å². The third-order valence-electron chi connectivity index (χ3n) is 3.08. The highest BCUT2D eigenvalue weighted by atomic mass is 16.1. The van der Waals surface area contributed by atoms with Gasteiger partial charge in [0.15, 0.2) is 0 Å². The third-order valence-corrected chi connectivity index (χ3v) is 3.08. The molecule has 1 amide bonds. The van der Waals surface area contributed by atoms with Crippen molar-refractivity contribution in [1.29, 1.82) is 0 Å². The molecule has 0 saturated carbocycles. The van der Waals surface area contributed by atoms with Crippen LogP contribution in [-0.2, 0) is 0 Å². The lowest BCUT2D eigenvalue weighted by molar-refractivity contribution is 0.102. The fourth-order valence-corrected chi connectivity index (χ4v) is 2.02. The molecule has 0 bridgehead atoms. The molecular formula is C17H13N3O. The molecule has 0 atom stereocenters. The number of hydrogen-bond donors (Lipinski definition) is 1. The second-order valence-electron chi connectivity index (χ2n) is 4.51. The van der Waals surface area contributed by atoms with Gasteiger partial charge in [-0.2, -0.15) is 0 Å². The van der Waals surface area contributed by atoms with Crippen LogP contribution in [0.15, 0.2) is 73.3 Å². The summed E-state index contributed by atoms with van der Waals surface area (Å²) in [4.78, 5) is 20.2. The number of rotatable bonds is 3. The molecule has 2 aromatic heterocycles. The van der Waals surface area contributed by atoms with E-state index in [1.165, 1.54) is 0 Å². The van der Waals surface area contributed by atoms with E-state index in [-0.39, 0.29) is 5.91 Å². The zero-order chi connectivity index (χ0) is 14.5. The van der Waals surface area contributed by atoms with E-state index in [1.807, 2.05) is 30.3 Å². The van der Waals surface area contributed by atoms with Crippen LogP contribution < -0.4 is 5.32 Å². The molecule has 0 unspecified atom stereocenters. The highest BCUT2D eigenvalue weighted by Crippen LogP contribution is 2.20. The Hall–Kier alpha value is -3.01. The summed E-state index contributed by atoms with van der Waals surface area (Å²) in [5, 5.41) is 2.85. The number of amides is 1. The largest absolute Gasteiger partial charge is 0.322 e. The summed E-state index contributed by atoms with van der Waals surface area (Å²) in [5.41, 5.74) is 3.36. The van der Waals surface area contributed by atoms with Gasteiger partial charge in [0, 0.05) is 36.0 Å². The smallest absolute Gasteiger partial charge is 0.255 e. The van der Waals surface area contributed by atoms with E-state index in [2.05, 4.69) is 15.3 Å². The first kappa shape index (κ1) is 13.0. The minimum atomic E-state index is -0.142. The van der Waals surface area contributed by atoms with Gasteiger partial charge in [-0.25, -0.2) is 0 Å². The van der Waals surface area contributed by atoms with Gasteiger partial charge in [-0.15, -0.1) is 0 Å². The van der Waals surface area contributed by atoms with E-state index >= 15 is 0 Å². The van der Waals surface area contributed by atoms with Crippen LogP contribution in [0, 0.1) is 0 Å². The molecule has 3 rings (SSSR count). The van der Waals surface area contributed by atoms with Crippen LogP contribution in [0.1, 0.15) is 10.4 Å². The van der Waals surface area contributed by atoms with E-state index in [9.17, 15) is 4.79 Å². The van der Waals surface area contributed by atoms with Crippen molar-refractivity contribution < 1.29 is 4.79 Å². The Balaban J connectivity index is 1.85. The molecule has 0 aliphatic carbocycles. The Morgan fingerprint density at radius 2 is 1.48 bits per heavy atom. The lowest BCUT2D eigenvalue weighted by atomic mass is 10.0. The summed E-state index contributed by atoms with van der Waals surface area (Å²) in [6, 6.07) is 14.8. The van der Waals surface area contributed by atoms with Gasteiger partial charge in [-0.1, -0.05) is 12.1 Å². The van der Waals surface area contributed by atoms with E-state index < -0.39 is 0 Å². The molecule has 102 valence electrons. The SMILES string of the molecule is O=C(Nc1ccncc1)c1cccc(-c2ccncc2)c1. The monoisotopic (exact) mass is 275 g/mol. The highest BCUT2D eigenvalue weighted by molar-refractivity contribution is 6.04. The van der Waals surface area contributed by atoms with E-state index in [1.54, 1.807) is 43.0 Å². The predicted octanol–water partition coefficient (Wildman–Crippen LogP) is 3.40. The van der Waals surface area contributed by atoms with Crippen molar-refractivity contribution in [2.75, 3.05) is 5.32 Å². The van der Waals surface area contributed by atoms with Crippen LogP contribution in [0.4, 0.5) is 5.69 Å². The number of anilines is 1. The van der Waals surface area contributed by atoms with Crippen LogP contribution in [0.3, 0.4) is 0 Å². The molecule has 0 spiro atoms. The average molecular weight is 275 g/mol. The molecule has 4 heteroatoms. The number of aromatic nitrogens is 2. The standard InChI is InChI=1S/C17H13N3O/c21-17(20-16-6-10-19-11-7-16)15-3-1-2-14(12-15)13-4-8-18-9-5-13/h1-12H,(H,19,20,21). The van der Waals surface area contributed by atoms with Crippen LogP contribution in [0.2, 0.25) is 0 Å². The zero-order valence-electron chi connectivity index (χ0n) is 11.2. The number of nitrogens with zero attached hydrogens (tertiary/aromatic N) is 2. The molecule has 0 aliphatic rings. The maximum absolute atomic E-state index is 12.3. The minimum Gasteiger partial charge on any atom is -0.322 e. The van der Waals surface area contributed by atoms with E-state index in [0.29, 0.717) is 5.56 Å². The maximum Gasteiger partial charge on any atom is 0.255 e. The quantitative estimate of drug-likeness (QED) is 0.797. The van der Waals surface area contributed by atoms with Crippen molar-refractivity contribution in [3.63, 3.8) is 0 Å². The van der Waals surface area contributed by atoms with Crippen molar-refractivity contribution in [3.8, 4) is 11.1 Å². The first-order valence-electron chi connectivity index (χ1n) is 6.55. The highest BCUT2D eigenvalue weighted by Gasteiger charge is 2.07. The van der Waals surface area contributed by atoms with Crippen molar-refractivity contribution >= 4 is 11.6 Å². The van der Waals surface area contributed by atoms with Crippen LogP contribution in [0.25, 0.3) is 11.1 Å². The number of benzene rings is 1. The molecule has 0 saturated heterocycles. The Morgan fingerprint density at radius 3 is 2.19 bits per heavy atom. The Kier molecular flexibility index (Phi) is 3.69. The molecule has 1 N–H and O–H groups in total. The summed E-state index contributed by atoms with van der Waals surface area (Å²) >= 11 is 0. The first-order chi connectivity index (χ1) is 10.3. The third kappa shape index (κ3) is 3.12. The van der Waals surface area contributed by atoms with Crippen LogP contribution >= 0.6 is 0 Å². The van der Waals surface area contributed by atoms with Gasteiger partial charge in [0.1, 0.15) is 0 Å². The predicted molar refractivity (Wildman–Crippen MR) is 81.9 cm³/mol. The first-order valence-corrected chi connectivity index (χ1v) is 6.55. The molecule has 2 heterocycles. The molecule has 0 aliphatic heterocycles. The summed E-state index contributed by atoms with van der Waals surface area (Å²) in [7, 11) is 0. The van der Waals surface area contributed by atoms with Gasteiger partial charge in [-0.05, 0) is 47.5 Å². The topological polar surface area (TPSA) is 54.9 Å². The maximum atomic E-state index is 12.3. The Morgan fingerprint density at radius 1 is 0.810 bits per heavy atom. The Labute approximate surface area is 122 Å². The van der Waals surface area contributed by atoms with Gasteiger partial charge < -0.3 is 5.32 Å². The van der Waals surface area contributed by atoms with Gasteiger partial charge in [-0.3, -0.25) is 14.8 Å². The van der Waals surface area contributed by atoms with Crippen LogP contribution in [0.5, 0.6) is 0 Å². The summed E-state index contributed by atoms with van der Waals surface area (Å²) in [6.45, 7) is 0. The number of carbonyl (C=O) groups is 1. The molecule has 0 fully saturated rings. The number of nitrogens with one attached hydrogen (secondary N) is 1. The Bertz CT molecular complexity index is 742. The number of pyridine rings is 2. The molecule has 3 aromatic rings. The van der Waals surface area contributed by atoms with Crippen molar-refractivity contribution in [1.82, 2.24) is 9.97 Å². The summed E-state index contributed by atoms with van der Waals surface area (Å²) < 4.78 is 0. The second-order valence-corrected chi connectivity index (χ2v) is 4.51. The average Bonchev–Trinajstić information content (AvgIpc) is 2.57. The van der Waals surface area contributed by atoms with E-state index in [0.717, 1.165) is 16.8 Å². The van der Waals surface area contributed by atoms with Crippen molar-refractivity contribution in [2.45, 2.75) is 0 Å². The number of carbonyl (C=O) groups excluding carboxylic acids is 1. The summed E-state index contributed by atoms with van der Waals surface area (Å²) in [6.07, 6.45) is 6.75.